The quantitative estimate of drug-likeness (QED) is 0.391. The van der Waals surface area contributed by atoms with Crippen molar-refractivity contribution in [2.75, 3.05) is 17.1 Å². The third-order valence-corrected chi connectivity index (χ3v) is 7.73. The van der Waals surface area contributed by atoms with Gasteiger partial charge in [-0.15, -0.1) is 0 Å². The number of anilines is 1. The molecular weight excluding hydrogens is 521 g/mol. The van der Waals surface area contributed by atoms with Gasteiger partial charge in [-0.05, 0) is 62.9 Å². The normalized spacial score (nSPS) is 12.3. The van der Waals surface area contributed by atoms with Crippen molar-refractivity contribution in [3.05, 3.63) is 63.6 Å². The topological polar surface area (TPSA) is 86.8 Å². The summed E-state index contributed by atoms with van der Waals surface area (Å²) in [4.78, 5) is 27.9. The van der Waals surface area contributed by atoms with Crippen molar-refractivity contribution in [1.82, 2.24) is 10.2 Å². The van der Waals surface area contributed by atoms with Gasteiger partial charge in [-0.1, -0.05) is 54.4 Å². The number of sulfonamides is 1. The number of carbonyl (C=O) groups is 2. The van der Waals surface area contributed by atoms with Gasteiger partial charge in [0.25, 0.3) is 0 Å². The zero-order valence-corrected chi connectivity index (χ0v) is 23.8. The fraction of sp³-hybridized carbons (Fsp3) is 0.462. The Morgan fingerprint density at radius 2 is 1.67 bits per heavy atom. The van der Waals surface area contributed by atoms with Crippen LogP contribution in [0.25, 0.3) is 0 Å². The average Bonchev–Trinajstić information content (AvgIpc) is 2.78. The number of nitrogens with one attached hydrogen (secondary N) is 1. The third kappa shape index (κ3) is 8.11. The number of halogens is 2. The maximum atomic E-state index is 13.5. The maximum absolute atomic E-state index is 13.5. The van der Waals surface area contributed by atoms with Crippen molar-refractivity contribution in [3.8, 4) is 0 Å². The van der Waals surface area contributed by atoms with Crippen LogP contribution in [0.3, 0.4) is 0 Å². The van der Waals surface area contributed by atoms with Crippen LogP contribution in [0, 0.1) is 6.92 Å². The van der Waals surface area contributed by atoms with Crippen molar-refractivity contribution in [3.63, 3.8) is 0 Å². The van der Waals surface area contributed by atoms with E-state index in [4.69, 9.17) is 23.2 Å². The number of nitrogens with zero attached hydrogens (tertiary/aromatic N) is 2. The summed E-state index contributed by atoms with van der Waals surface area (Å²) in [5.74, 6) is -0.489. The minimum absolute atomic E-state index is 0.0571. The van der Waals surface area contributed by atoms with E-state index in [2.05, 4.69) is 5.32 Å². The van der Waals surface area contributed by atoms with Crippen molar-refractivity contribution in [2.45, 2.75) is 65.6 Å². The Balaban J connectivity index is 2.26. The number of benzene rings is 2. The fourth-order valence-corrected chi connectivity index (χ4v) is 5.34. The van der Waals surface area contributed by atoms with Gasteiger partial charge >= 0.3 is 0 Å². The van der Waals surface area contributed by atoms with Gasteiger partial charge in [0.05, 0.1) is 11.9 Å². The summed E-state index contributed by atoms with van der Waals surface area (Å²) in [5, 5.41) is 3.86. The first kappa shape index (κ1) is 29.9. The first-order valence-electron chi connectivity index (χ1n) is 11.9. The highest BCUT2D eigenvalue weighted by Gasteiger charge is 2.29. The molecule has 0 radical (unpaired) electrons. The second kappa shape index (κ2) is 13.3. The summed E-state index contributed by atoms with van der Waals surface area (Å²) in [6.07, 6.45) is 1.87. The lowest BCUT2D eigenvalue weighted by atomic mass is 10.1. The summed E-state index contributed by atoms with van der Waals surface area (Å²) < 4.78 is 26.4. The van der Waals surface area contributed by atoms with Crippen LogP contribution in [-0.2, 0) is 26.2 Å². The molecule has 0 saturated heterocycles. The maximum Gasteiger partial charge on any atom is 0.243 e. The molecule has 0 bridgehead atoms. The molecule has 2 aromatic carbocycles. The van der Waals surface area contributed by atoms with E-state index in [1.165, 1.54) is 9.21 Å². The molecule has 1 N–H and O–H groups in total. The Hall–Kier alpha value is -2.29. The number of carbonyl (C=O) groups excluding carboxylic acids is 2. The molecule has 36 heavy (non-hydrogen) atoms. The average molecular weight is 557 g/mol. The van der Waals surface area contributed by atoms with E-state index in [-0.39, 0.29) is 43.8 Å². The lowest BCUT2D eigenvalue weighted by Gasteiger charge is -2.32. The van der Waals surface area contributed by atoms with E-state index in [0.29, 0.717) is 27.7 Å². The summed E-state index contributed by atoms with van der Waals surface area (Å²) >= 11 is 12.6. The van der Waals surface area contributed by atoms with Crippen LogP contribution in [0.15, 0.2) is 42.5 Å². The van der Waals surface area contributed by atoms with Crippen LogP contribution in [-0.4, -0.2) is 50.0 Å². The molecule has 0 aromatic heterocycles. The predicted octanol–water partition coefficient (Wildman–Crippen LogP) is 5.18. The molecule has 0 heterocycles. The molecule has 0 spiro atoms. The van der Waals surface area contributed by atoms with Crippen LogP contribution in [0.1, 0.15) is 51.2 Å². The zero-order valence-electron chi connectivity index (χ0n) is 21.4. The van der Waals surface area contributed by atoms with Gasteiger partial charge in [-0.3, -0.25) is 13.9 Å². The molecule has 198 valence electrons. The van der Waals surface area contributed by atoms with Gasteiger partial charge in [-0.25, -0.2) is 8.42 Å². The molecular formula is C26H35Cl2N3O4S. The molecule has 2 amide bonds. The Morgan fingerprint density at radius 3 is 2.25 bits per heavy atom. The molecule has 0 aliphatic heterocycles. The molecule has 2 rings (SSSR count). The minimum Gasteiger partial charge on any atom is -0.352 e. The third-order valence-electron chi connectivity index (χ3n) is 5.78. The second-order valence-corrected chi connectivity index (χ2v) is 11.7. The second-order valence-electron chi connectivity index (χ2n) is 9.02. The first-order valence-corrected chi connectivity index (χ1v) is 14.5. The fourth-order valence-electron chi connectivity index (χ4n) is 3.96. The lowest BCUT2D eigenvalue weighted by molar-refractivity contribution is -0.141. The minimum atomic E-state index is -3.61. The molecule has 1 unspecified atom stereocenters. The van der Waals surface area contributed by atoms with Gasteiger partial charge in [-0.2, -0.15) is 0 Å². The molecule has 0 aliphatic rings. The summed E-state index contributed by atoms with van der Waals surface area (Å²) in [6, 6.07) is 11.5. The van der Waals surface area contributed by atoms with E-state index in [1.54, 1.807) is 37.3 Å². The summed E-state index contributed by atoms with van der Waals surface area (Å²) in [5.41, 5.74) is 1.86. The van der Waals surface area contributed by atoms with Crippen molar-refractivity contribution in [2.24, 2.45) is 0 Å². The molecule has 7 nitrogen and oxygen atoms in total. The highest BCUT2D eigenvalue weighted by molar-refractivity contribution is 7.92. The van der Waals surface area contributed by atoms with Crippen molar-refractivity contribution >= 4 is 50.7 Å². The van der Waals surface area contributed by atoms with Gasteiger partial charge in [0.15, 0.2) is 0 Å². The van der Waals surface area contributed by atoms with Gasteiger partial charge in [0, 0.05) is 35.6 Å². The van der Waals surface area contributed by atoms with E-state index in [1.807, 2.05) is 32.9 Å². The molecule has 1 atom stereocenters. The van der Waals surface area contributed by atoms with E-state index >= 15 is 0 Å². The summed E-state index contributed by atoms with van der Waals surface area (Å²) in [7, 11) is -3.61. The number of hydrogen-bond donors (Lipinski definition) is 1. The molecule has 0 fully saturated rings. The van der Waals surface area contributed by atoms with E-state index < -0.39 is 16.1 Å². The van der Waals surface area contributed by atoms with Gasteiger partial charge < -0.3 is 10.2 Å². The Morgan fingerprint density at radius 1 is 1.03 bits per heavy atom. The van der Waals surface area contributed by atoms with Crippen LogP contribution in [0.5, 0.6) is 0 Å². The van der Waals surface area contributed by atoms with Crippen LogP contribution in [0.4, 0.5) is 5.69 Å². The Kier molecular flexibility index (Phi) is 11.1. The SMILES string of the molecule is CCC(C(=O)NC(C)C)N(Cc1ccccc1Cl)C(=O)CCCN(c1cccc(Cl)c1C)S(C)(=O)=O. The first-order chi connectivity index (χ1) is 16.9. The largest absolute Gasteiger partial charge is 0.352 e. The number of rotatable bonds is 12. The predicted molar refractivity (Wildman–Crippen MR) is 147 cm³/mol. The molecule has 10 heteroatoms. The van der Waals surface area contributed by atoms with Crippen LogP contribution >= 0.6 is 23.2 Å². The van der Waals surface area contributed by atoms with E-state index in [0.717, 1.165) is 11.8 Å². The molecule has 0 saturated carbocycles. The van der Waals surface area contributed by atoms with Crippen molar-refractivity contribution < 1.29 is 18.0 Å². The molecule has 2 aromatic rings. The standard InChI is InChI=1S/C26H35Cl2N3O4S/c1-6-23(26(33)29-18(2)3)30(17-20-11-7-8-12-22(20)28)25(32)15-10-16-31(36(5,34)35)24-14-9-13-21(27)19(24)4/h7-9,11-14,18,23H,6,10,15-17H2,1-5H3,(H,29,33). The monoisotopic (exact) mass is 555 g/mol. The highest BCUT2D eigenvalue weighted by Crippen LogP contribution is 2.28. The van der Waals surface area contributed by atoms with Crippen LogP contribution in [0.2, 0.25) is 10.0 Å². The lowest BCUT2D eigenvalue weighted by Crippen LogP contribution is -2.50. The van der Waals surface area contributed by atoms with Crippen molar-refractivity contribution in [1.29, 1.82) is 0 Å². The van der Waals surface area contributed by atoms with Gasteiger partial charge in [0.1, 0.15) is 6.04 Å². The van der Waals surface area contributed by atoms with E-state index in [9.17, 15) is 18.0 Å². The molecule has 0 aliphatic carbocycles. The Labute approximate surface area is 224 Å². The zero-order chi connectivity index (χ0) is 27.0. The smallest absolute Gasteiger partial charge is 0.243 e. The Bertz CT molecular complexity index is 1170. The summed E-state index contributed by atoms with van der Waals surface area (Å²) in [6.45, 7) is 7.60. The number of hydrogen-bond acceptors (Lipinski definition) is 4. The van der Waals surface area contributed by atoms with Gasteiger partial charge in [0.2, 0.25) is 21.8 Å². The van der Waals surface area contributed by atoms with Crippen LogP contribution < -0.4 is 9.62 Å². The number of amides is 2. The highest BCUT2D eigenvalue weighted by atomic mass is 35.5.